The quantitative estimate of drug-likeness (QED) is 0.880. The van der Waals surface area contributed by atoms with E-state index in [0.29, 0.717) is 35.4 Å². The zero-order chi connectivity index (χ0) is 19.8. The molecule has 3 rings (SSSR count). The van der Waals surface area contributed by atoms with Crippen molar-refractivity contribution in [2.45, 2.75) is 25.9 Å². The number of aromatic carboxylic acids is 1. The normalized spacial score (nSPS) is 17.3. The van der Waals surface area contributed by atoms with Gasteiger partial charge in [-0.2, -0.15) is 18.3 Å². The number of carboxylic acids is 1. The lowest BCUT2D eigenvalue weighted by Gasteiger charge is -2.17. The number of hydrogen-bond acceptors (Lipinski definition) is 3. The number of benzene rings is 1. The minimum absolute atomic E-state index is 0.0271. The van der Waals surface area contributed by atoms with Gasteiger partial charge in [-0.25, -0.2) is 9.48 Å². The fraction of sp³-hybridized carbons (Fsp3) is 0.389. The Morgan fingerprint density at radius 2 is 1.93 bits per heavy atom. The van der Waals surface area contributed by atoms with Crippen LogP contribution in [-0.2, 0) is 6.18 Å². The predicted octanol–water partition coefficient (Wildman–Crippen LogP) is 3.46. The van der Waals surface area contributed by atoms with Crippen molar-refractivity contribution in [2.75, 3.05) is 13.1 Å². The topological polar surface area (TPSA) is 75.4 Å². The van der Waals surface area contributed by atoms with E-state index in [1.165, 1.54) is 24.3 Å². The maximum Gasteiger partial charge on any atom is 0.434 e. The molecule has 1 aromatic heterocycles. The van der Waals surface area contributed by atoms with Gasteiger partial charge in [-0.1, -0.05) is 13.3 Å². The van der Waals surface area contributed by atoms with Crippen molar-refractivity contribution < 1.29 is 27.9 Å². The van der Waals surface area contributed by atoms with Gasteiger partial charge in [-0.05, 0) is 36.6 Å². The van der Waals surface area contributed by atoms with Gasteiger partial charge < -0.3 is 10.0 Å². The number of carbonyl (C=O) groups excluding carboxylic acids is 1. The van der Waals surface area contributed by atoms with E-state index in [-0.39, 0.29) is 11.6 Å². The van der Waals surface area contributed by atoms with Gasteiger partial charge in [0.15, 0.2) is 5.69 Å². The van der Waals surface area contributed by atoms with Crippen LogP contribution in [-0.4, -0.2) is 44.8 Å². The minimum Gasteiger partial charge on any atom is -0.478 e. The number of alkyl halides is 3. The average Bonchev–Trinajstić information content (AvgIpc) is 3.28. The predicted molar refractivity (Wildman–Crippen MR) is 89.8 cm³/mol. The molecule has 1 aliphatic rings. The van der Waals surface area contributed by atoms with Gasteiger partial charge in [0.2, 0.25) is 0 Å². The number of likely N-dealkylation sites (tertiary alicyclic amines) is 1. The molecular weight excluding hydrogens is 363 g/mol. The summed E-state index contributed by atoms with van der Waals surface area (Å²) in [5.41, 5.74) is -1.89. The standard InChI is InChI=1S/C18H18F3N3O3/c1-2-11-7-8-23(10-11)16(25)12-3-5-13(6-4-12)24-15(18(19,20)21)14(9-22-24)17(26)27/h3-6,9,11H,2,7-8,10H2,1H3,(H,26,27). The molecule has 1 unspecified atom stereocenters. The Labute approximate surface area is 153 Å². The van der Waals surface area contributed by atoms with Crippen LogP contribution < -0.4 is 0 Å². The van der Waals surface area contributed by atoms with Gasteiger partial charge in [0.05, 0.1) is 11.9 Å². The molecule has 2 aromatic rings. The van der Waals surface area contributed by atoms with Gasteiger partial charge in [0, 0.05) is 18.7 Å². The van der Waals surface area contributed by atoms with Gasteiger partial charge in [-0.15, -0.1) is 0 Å². The van der Waals surface area contributed by atoms with Crippen LogP contribution in [0.3, 0.4) is 0 Å². The van der Waals surface area contributed by atoms with Crippen molar-refractivity contribution in [3.8, 4) is 5.69 Å². The van der Waals surface area contributed by atoms with Crippen molar-refractivity contribution >= 4 is 11.9 Å². The van der Waals surface area contributed by atoms with E-state index >= 15 is 0 Å². The van der Waals surface area contributed by atoms with E-state index in [9.17, 15) is 22.8 Å². The fourth-order valence-corrected chi connectivity index (χ4v) is 3.25. The second-order valence-corrected chi connectivity index (χ2v) is 6.48. The molecule has 1 amide bonds. The van der Waals surface area contributed by atoms with Gasteiger partial charge in [0.25, 0.3) is 5.91 Å². The Kier molecular flexibility index (Phi) is 4.95. The van der Waals surface area contributed by atoms with Crippen molar-refractivity contribution in [1.82, 2.24) is 14.7 Å². The number of rotatable bonds is 4. The number of halogens is 3. The first-order valence-corrected chi connectivity index (χ1v) is 8.50. The monoisotopic (exact) mass is 381 g/mol. The third kappa shape index (κ3) is 3.67. The molecule has 0 bridgehead atoms. The number of hydrogen-bond donors (Lipinski definition) is 1. The lowest BCUT2D eigenvalue weighted by molar-refractivity contribution is -0.143. The maximum atomic E-state index is 13.3. The van der Waals surface area contributed by atoms with Gasteiger partial charge in [0.1, 0.15) is 5.56 Å². The highest BCUT2D eigenvalue weighted by Gasteiger charge is 2.40. The molecule has 0 spiro atoms. The number of carboxylic acid groups (broad SMARTS) is 1. The van der Waals surface area contributed by atoms with E-state index in [0.717, 1.165) is 12.8 Å². The molecule has 0 radical (unpaired) electrons. The number of carbonyl (C=O) groups is 2. The van der Waals surface area contributed by atoms with Crippen LogP contribution in [0, 0.1) is 5.92 Å². The van der Waals surface area contributed by atoms with E-state index < -0.39 is 23.4 Å². The molecule has 0 saturated carbocycles. The van der Waals surface area contributed by atoms with E-state index in [1.54, 1.807) is 4.90 Å². The molecule has 2 heterocycles. The Morgan fingerprint density at radius 3 is 2.44 bits per heavy atom. The van der Waals surface area contributed by atoms with Crippen molar-refractivity contribution in [1.29, 1.82) is 0 Å². The molecule has 1 atom stereocenters. The van der Waals surface area contributed by atoms with Crippen LogP contribution in [0.5, 0.6) is 0 Å². The van der Waals surface area contributed by atoms with Crippen LogP contribution >= 0.6 is 0 Å². The zero-order valence-electron chi connectivity index (χ0n) is 14.5. The lowest BCUT2D eigenvalue weighted by Crippen LogP contribution is -2.28. The SMILES string of the molecule is CCC1CCN(C(=O)c2ccc(-n3ncc(C(=O)O)c3C(F)(F)F)cc2)C1. The van der Waals surface area contributed by atoms with Gasteiger partial charge >= 0.3 is 12.1 Å². The first-order valence-electron chi connectivity index (χ1n) is 8.50. The Bertz CT molecular complexity index is 859. The molecule has 1 saturated heterocycles. The summed E-state index contributed by atoms with van der Waals surface area (Å²) in [5.74, 6) is -1.40. The smallest absolute Gasteiger partial charge is 0.434 e. The number of amides is 1. The van der Waals surface area contributed by atoms with Crippen molar-refractivity contribution in [3.63, 3.8) is 0 Å². The van der Waals surface area contributed by atoms with Gasteiger partial charge in [-0.3, -0.25) is 4.79 Å². The van der Waals surface area contributed by atoms with Crippen LogP contribution in [0.15, 0.2) is 30.5 Å². The van der Waals surface area contributed by atoms with Crippen molar-refractivity contribution in [3.05, 3.63) is 47.3 Å². The summed E-state index contributed by atoms with van der Waals surface area (Å²) in [5, 5.41) is 12.5. The highest BCUT2D eigenvalue weighted by Crippen LogP contribution is 2.33. The second-order valence-electron chi connectivity index (χ2n) is 6.48. The number of aromatic nitrogens is 2. The molecule has 1 N–H and O–H groups in total. The molecule has 1 fully saturated rings. The largest absolute Gasteiger partial charge is 0.478 e. The molecule has 1 aliphatic heterocycles. The van der Waals surface area contributed by atoms with Crippen molar-refractivity contribution in [2.24, 2.45) is 5.92 Å². The Hall–Kier alpha value is -2.84. The van der Waals surface area contributed by atoms with Crippen LogP contribution in [0.25, 0.3) is 5.69 Å². The third-order valence-corrected chi connectivity index (χ3v) is 4.78. The third-order valence-electron chi connectivity index (χ3n) is 4.78. The average molecular weight is 381 g/mol. The second kappa shape index (κ2) is 7.05. The van der Waals surface area contributed by atoms with Crippen LogP contribution in [0.1, 0.15) is 46.2 Å². The Balaban J connectivity index is 1.88. The van der Waals surface area contributed by atoms with Crippen LogP contribution in [0.2, 0.25) is 0 Å². The maximum absolute atomic E-state index is 13.3. The molecule has 144 valence electrons. The number of nitrogens with zero attached hydrogens (tertiary/aromatic N) is 3. The summed E-state index contributed by atoms with van der Waals surface area (Å²) in [6.45, 7) is 3.41. The lowest BCUT2D eigenvalue weighted by atomic mass is 10.1. The molecule has 9 heteroatoms. The molecule has 0 aliphatic carbocycles. The fourth-order valence-electron chi connectivity index (χ4n) is 3.25. The summed E-state index contributed by atoms with van der Waals surface area (Å²) in [6, 6.07) is 5.52. The van der Waals surface area contributed by atoms with E-state index in [1.807, 2.05) is 0 Å². The first kappa shape index (κ1) is 18.9. The summed E-state index contributed by atoms with van der Waals surface area (Å²) in [4.78, 5) is 25.3. The van der Waals surface area contributed by atoms with Crippen LogP contribution in [0.4, 0.5) is 13.2 Å². The summed E-state index contributed by atoms with van der Waals surface area (Å²) in [6.07, 6.45) is -2.28. The highest BCUT2D eigenvalue weighted by molar-refractivity contribution is 5.94. The molecule has 6 nitrogen and oxygen atoms in total. The summed E-state index contributed by atoms with van der Waals surface area (Å²) >= 11 is 0. The highest BCUT2D eigenvalue weighted by atomic mass is 19.4. The zero-order valence-corrected chi connectivity index (χ0v) is 14.5. The first-order chi connectivity index (χ1) is 12.7. The summed E-state index contributed by atoms with van der Waals surface area (Å²) in [7, 11) is 0. The molecule has 1 aromatic carbocycles. The Morgan fingerprint density at radius 1 is 1.26 bits per heavy atom. The van der Waals surface area contributed by atoms with E-state index in [4.69, 9.17) is 5.11 Å². The van der Waals surface area contributed by atoms with E-state index in [2.05, 4.69) is 12.0 Å². The summed E-state index contributed by atoms with van der Waals surface area (Å²) < 4.78 is 40.4. The molecular formula is C18H18F3N3O3. The minimum atomic E-state index is -4.89. The molecule has 27 heavy (non-hydrogen) atoms.